The smallest absolute Gasteiger partial charge is 0.407 e. The first kappa shape index (κ1) is 23.4. The predicted octanol–water partition coefficient (Wildman–Crippen LogP) is 4.46. The van der Waals surface area contributed by atoms with Crippen LogP contribution in [0.2, 0.25) is 0 Å². The Labute approximate surface area is 205 Å². The van der Waals surface area contributed by atoms with Crippen molar-refractivity contribution < 1.29 is 24.2 Å². The third-order valence-electron chi connectivity index (χ3n) is 7.86. The summed E-state index contributed by atoms with van der Waals surface area (Å²) in [5, 5.41) is 15.4. The maximum atomic E-state index is 13.0. The highest BCUT2D eigenvalue weighted by Gasteiger charge is 2.42. The molecule has 2 saturated carbocycles. The molecule has 1 atom stereocenters. The average Bonchev–Trinajstić information content (AvgIpc) is 3.67. The number of carboxylic acids is 1. The Bertz CT molecular complexity index is 1070. The Morgan fingerprint density at radius 1 is 0.943 bits per heavy atom. The number of nitrogens with one attached hydrogen (secondary N) is 2. The monoisotopic (exact) mass is 476 g/mol. The number of carboxylic acid groups (broad SMARTS) is 1. The summed E-state index contributed by atoms with van der Waals surface area (Å²) in [5.74, 6) is -1.18. The normalized spacial score (nSPS) is 19.2. The average molecular weight is 477 g/mol. The van der Waals surface area contributed by atoms with Gasteiger partial charge in [0.15, 0.2) is 0 Å². The molecule has 2 aromatic rings. The van der Waals surface area contributed by atoms with Crippen LogP contribution in [-0.4, -0.2) is 42.3 Å². The molecule has 0 aromatic heterocycles. The highest BCUT2D eigenvalue weighted by Crippen LogP contribution is 2.44. The van der Waals surface area contributed by atoms with Gasteiger partial charge < -0.3 is 20.5 Å². The largest absolute Gasteiger partial charge is 0.481 e. The van der Waals surface area contributed by atoms with Crippen molar-refractivity contribution in [1.82, 2.24) is 10.6 Å². The van der Waals surface area contributed by atoms with Crippen LogP contribution >= 0.6 is 0 Å². The number of hydrogen-bond acceptors (Lipinski definition) is 4. The van der Waals surface area contributed by atoms with Gasteiger partial charge in [0.25, 0.3) is 0 Å². The second-order valence-electron chi connectivity index (χ2n) is 10.1. The van der Waals surface area contributed by atoms with Gasteiger partial charge in [-0.3, -0.25) is 9.59 Å². The summed E-state index contributed by atoms with van der Waals surface area (Å²) in [4.78, 5) is 37.6. The Balaban J connectivity index is 1.20. The number of amides is 2. The van der Waals surface area contributed by atoms with E-state index >= 15 is 0 Å². The second kappa shape index (κ2) is 9.72. The summed E-state index contributed by atoms with van der Waals surface area (Å²) in [6.07, 6.45) is 4.95. The van der Waals surface area contributed by atoms with Crippen molar-refractivity contribution in [3.05, 3.63) is 59.7 Å². The molecule has 0 aliphatic heterocycles. The quantitative estimate of drug-likeness (QED) is 0.522. The van der Waals surface area contributed by atoms with Crippen LogP contribution in [0.5, 0.6) is 0 Å². The molecule has 3 N–H and O–H groups in total. The molecule has 2 aromatic carbocycles. The number of ether oxygens (including phenoxy) is 1. The van der Waals surface area contributed by atoms with Gasteiger partial charge in [0.1, 0.15) is 12.6 Å². The van der Waals surface area contributed by atoms with Crippen molar-refractivity contribution in [3.8, 4) is 11.1 Å². The molecular weight excluding hydrogens is 444 g/mol. The standard InChI is InChI=1S/C28H32N2O5/c31-25(29-17-28(26(32)33)14-6-1-7-15-28)24(18-12-13-18)30-27(34)35-16-23-21-10-4-2-8-19(21)20-9-3-5-11-22(20)23/h2-5,8-11,18,23-24H,1,6-7,12-17H2,(H,29,31)(H,30,34)(H,32,33). The van der Waals surface area contributed by atoms with E-state index in [9.17, 15) is 19.5 Å². The zero-order chi connectivity index (χ0) is 24.4. The van der Waals surface area contributed by atoms with Gasteiger partial charge in [0, 0.05) is 12.5 Å². The molecule has 35 heavy (non-hydrogen) atoms. The zero-order valence-corrected chi connectivity index (χ0v) is 19.8. The van der Waals surface area contributed by atoms with Gasteiger partial charge in [-0.05, 0) is 53.9 Å². The lowest BCUT2D eigenvalue weighted by Crippen LogP contribution is -2.52. The number of carbonyl (C=O) groups excluding carboxylic acids is 2. The molecule has 0 saturated heterocycles. The van der Waals surface area contributed by atoms with E-state index in [2.05, 4.69) is 34.9 Å². The van der Waals surface area contributed by atoms with Crippen molar-refractivity contribution in [3.63, 3.8) is 0 Å². The minimum Gasteiger partial charge on any atom is -0.481 e. The number of alkyl carbamates (subject to hydrolysis) is 1. The molecule has 3 aliphatic rings. The maximum Gasteiger partial charge on any atom is 0.407 e. The molecule has 0 bridgehead atoms. The van der Waals surface area contributed by atoms with Gasteiger partial charge >= 0.3 is 12.1 Å². The van der Waals surface area contributed by atoms with Gasteiger partial charge in [-0.2, -0.15) is 0 Å². The number of rotatable bonds is 8. The molecule has 2 fully saturated rings. The Morgan fingerprint density at radius 2 is 1.54 bits per heavy atom. The summed E-state index contributed by atoms with van der Waals surface area (Å²) in [5.41, 5.74) is 3.66. The predicted molar refractivity (Wildman–Crippen MR) is 131 cm³/mol. The minimum absolute atomic E-state index is 0.0527. The highest BCUT2D eigenvalue weighted by molar-refractivity contribution is 5.87. The number of hydrogen-bond donors (Lipinski definition) is 3. The number of aliphatic carboxylic acids is 1. The molecule has 0 radical (unpaired) electrons. The molecule has 7 nitrogen and oxygen atoms in total. The van der Waals surface area contributed by atoms with Crippen LogP contribution in [0.3, 0.4) is 0 Å². The Kier molecular flexibility index (Phi) is 6.50. The molecule has 7 heteroatoms. The molecule has 0 heterocycles. The van der Waals surface area contributed by atoms with E-state index in [1.54, 1.807) is 0 Å². The topological polar surface area (TPSA) is 105 Å². The Morgan fingerprint density at radius 3 is 2.11 bits per heavy atom. The van der Waals surface area contributed by atoms with Crippen LogP contribution in [0.25, 0.3) is 11.1 Å². The third-order valence-corrected chi connectivity index (χ3v) is 7.86. The molecule has 0 spiro atoms. The van der Waals surface area contributed by atoms with E-state index in [4.69, 9.17) is 4.74 Å². The van der Waals surface area contributed by atoms with Crippen LogP contribution in [0.15, 0.2) is 48.5 Å². The fourth-order valence-corrected chi connectivity index (χ4v) is 5.66. The van der Waals surface area contributed by atoms with Crippen molar-refractivity contribution in [2.24, 2.45) is 11.3 Å². The Hall–Kier alpha value is -3.35. The third kappa shape index (κ3) is 4.77. The van der Waals surface area contributed by atoms with E-state index in [1.807, 2.05) is 24.3 Å². The van der Waals surface area contributed by atoms with Crippen molar-refractivity contribution >= 4 is 18.0 Å². The fraction of sp³-hybridized carbons (Fsp3) is 0.464. The summed E-state index contributed by atoms with van der Waals surface area (Å²) < 4.78 is 5.63. The molecular formula is C28H32N2O5. The first-order valence-corrected chi connectivity index (χ1v) is 12.6. The van der Waals surface area contributed by atoms with Crippen LogP contribution in [0, 0.1) is 11.3 Å². The summed E-state index contributed by atoms with van der Waals surface area (Å²) in [6, 6.07) is 15.6. The lowest BCUT2D eigenvalue weighted by Gasteiger charge is -2.33. The van der Waals surface area contributed by atoms with Crippen molar-refractivity contribution in [2.75, 3.05) is 13.2 Å². The van der Waals surface area contributed by atoms with Crippen LogP contribution in [0.1, 0.15) is 62.0 Å². The van der Waals surface area contributed by atoms with E-state index in [1.165, 1.54) is 0 Å². The summed E-state index contributed by atoms with van der Waals surface area (Å²) in [7, 11) is 0. The van der Waals surface area contributed by atoms with E-state index in [-0.39, 0.29) is 30.9 Å². The van der Waals surface area contributed by atoms with Crippen molar-refractivity contribution in [2.45, 2.75) is 56.9 Å². The first-order valence-electron chi connectivity index (χ1n) is 12.6. The number of fused-ring (bicyclic) bond motifs is 3. The SMILES string of the molecule is O=C(NC(C(=O)NCC1(C(=O)O)CCCCC1)C1CC1)OCC1c2ccccc2-c2ccccc21. The van der Waals surface area contributed by atoms with E-state index in [0.717, 1.165) is 54.4 Å². The minimum atomic E-state index is -0.911. The fourth-order valence-electron chi connectivity index (χ4n) is 5.66. The maximum absolute atomic E-state index is 13.0. The van der Waals surface area contributed by atoms with Gasteiger partial charge in [0.2, 0.25) is 5.91 Å². The van der Waals surface area contributed by atoms with Gasteiger partial charge in [0.05, 0.1) is 5.41 Å². The summed E-state index contributed by atoms with van der Waals surface area (Å²) >= 11 is 0. The van der Waals surface area contributed by atoms with Crippen LogP contribution in [-0.2, 0) is 14.3 Å². The van der Waals surface area contributed by atoms with E-state index < -0.39 is 23.5 Å². The van der Waals surface area contributed by atoms with Crippen molar-refractivity contribution in [1.29, 1.82) is 0 Å². The summed E-state index contributed by atoms with van der Waals surface area (Å²) in [6.45, 7) is 0.276. The molecule has 3 aliphatic carbocycles. The molecule has 5 rings (SSSR count). The molecule has 184 valence electrons. The lowest BCUT2D eigenvalue weighted by molar-refractivity contribution is -0.151. The molecule has 2 amide bonds. The number of benzene rings is 2. The van der Waals surface area contributed by atoms with Crippen LogP contribution in [0.4, 0.5) is 4.79 Å². The van der Waals surface area contributed by atoms with Crippen LogP contribution < -0.4 is 10.6 Å². The van der Waals surface area contributed by atoms with Gasteiger partial charge in [-0.15, -0.1) is 0 Å². The van der Waals surface area contributed by atoms with E-state index in [0.29, 0.717) is 12.8 Å². The molecule has 1 unspecified atom stereocenters. The number of carbonyl (C=O) groups is 3. The highest BCUT2D eigenvalue weighted by atomic mass is 16.5. The lowest BCUT2D eigenvalue weighted by atomic mass is 9.74. The van der Waals surface area contributed by atoms with Gasteiger partial charge in [-0.1, -0.05) is 67.8 Å². The van der Waals surface area contributed by atoms with Gasteiger partial charge in [-0.25, -0.2) is 4.79 Å². The second-order valence-corrected chi connectivity index (χ2v) is 10.1. The first-order chi connectivity index (χ1) is 17.0. The zero-order valence-electron chi connectivity index (χ0n) is 19.8.